The van der Waals surface area contributed by atoms with Gasteiger partial charge in [-0.2, -0.15) is 0 Å². The average molecular weight is 322 g/mol. The molecule has 112 valence electrons. The Morgan fingerprint density at radius 3 is 1.67 bits per heavy atom. The van der Waals surface area contributed by atoms with Gasteiger partial charge in [0.05, 0.1) is 5.75 Å². The molecule has 0 aromatic heterocycles. The number of hydrogen-bond donors (Lipinski definition) is 0. The van der Waals surface area contributed by atoms with Crippen LogP contribution in [-0.4, -0.2) is 19.7 Å². The van der Waals surface area contributed by atoms with Crippen LogP contribution in [0.4, 0.5) is 0 Å². The first-order chi connectivity index (χ1) is 9.98. The van der Waals surface area contributed by atoms with Crippen LogP contribution in [0.1, 0.15) is 13.3 Å². The fourth-order valence-electron chi connectivity index (χ4n) is 2.29. The van der Waals surface area contributed by atoms with Crippen LogP contribution < -0.4 is 10.6 Å². The second kappa shape index (κ2) is 6.59. The Morgan fingerprint density at radius 1 is 0.857 bits per heavy atom. The van der Waals surface area contributed by atoms with Crippen LogP contribution in [0, 0.1) is 0 Å². The Kier molecular flexibility index (Phi) is 5.02. The van der Waals surface area contributed by atoms with Gasteiger partial charge >= 0.3 is 0 Å². The lowest BCUT2D eigenvalue weighted by molar-refractivity contribution is 0.584. The Labute approximate surface area is 126 Å². The molecule has 0 saturated heterocycles. The number of sulfone groups is 1. The molecule has 3 nitrogen and oxygen atoms in total. The van der Waals surface area contributed by atoms with Crippen LogP contribution in [0.25, 0.3) is 0 Å². The van der Waals surface area contributed by atoms with Gasteiger partial charge in [0.25, 0.3) is 0 Å². The number of hydrogen-bond acceptors (Lipinski definition) is 3. The molecule has 0 heterocycles. The largest absolute Gasteiger partial charge is 0.313 e. The lowest BCUT2D eigenvalue weighted by atomic mass is 10.4. The third-order valence-electron chi connectivity index (χ3n) is 3.24. The summed E-state index contributed by atoms with van der Waals surface area (Å²) in [5.74, 6) is 0.0661. The van der Waals surface area contributed by atoms with E-state index in [0.29, 0.717) is 17.0 Å². The van der Waals surface area contributed by atoms with E-state index in [2.05, 4.69) is 0 Å². The molecular weight excluding hydrogens is 303 g/mol. The highest BCUT2D eigenvalue weighted by Crippen LogP contribution is 2.44. The maximum atomic E-state index is 13.5. The average Bonchev–Trinajstić information content (AvgIpc) is 2.48. The molecule has 0 amide bonds. The Morgan fingerprint density at radius 2 is 1.29 bits per heavy atom. The van der Waals surface area contributed by atoms with Crippen molar-refractivity contribution in [2.24, 2.45) is 0 Å². The van der Waals surface area contributed by atoms with Crippen LogP contribution >= 0.6 is 7.14 Å². The maximum Gasteiger partial charge on any atom is 0.157 e. The molecule has 0 unspecified atom stereocenters. The van der Waals surface area contributed by atoms with E-state index in [4.69, 9.17) is 0 Å². The molecule has 5 heteroatoms. The predicted octanol–water partition coefficient (Wildman–Crippen LogP) is 2.78. The molecule has 0 spiro atoms. The van der Waals surface area contributed by atoms with E-state index in [1.165, 1.54) is 0 Å². The van der Waals surface area contributed by atoms with Crippen LogP contribution in [-0.2, 0) is 14.4 Å². The Hall–Kier alpha value is -1.38. The first-order valence-electron chi connectivity index (χ1n) is 6.89. The van der Waals surface area contributed by atoms with Crippen molar-refractivity contribution in [1.82, 2.24) is 0 Å². The molecule has 0 atom stereocenters. The van der Waals surface area contributed by atoms with Gasteiger partial charge in [-0.1, -0.05) is 67.6 Å². The van der Waals surface area contributed by atoms with Gasteiger partial charge in [-0.15, -0.1) is 0 Å². The van der Waals surface area contributed by atoms with E-state index in [1.54, 1.807) is 48.5 Å². The zero-order valence-electron chi connectivity index (χ0n) is 12.0. The minimum absolute atomic E-state index is 0.0661. The van der Waals surface area contributed by atoms with Crippen molar-refractivity contribution in [3.05, 3.63) is 60.7 Å². The summed E-state index contributed by atoms with van der Waals surface area (Å²) < 4.78 is 38.0. The molecule has 0 aliphatic rings. The molecule has 2 rings (SSSR count). The highest BCUT2D eigenvalue weighted by atomic mass is 32.2. The first kappa shape index (κ1) is 16.0. The zero-order valence-corrected chi connectivity index (χ0v) is 13.7. The van der Waals surface area contributed by atoms with Gasteiger partial charge in [-0.05, 0) is 6.42 Å². The van der Waals surface area contributed by atoms with Gasteiger partial charge in [0.1, 0.15) is 5.49 Å². The summed E-state index contributed by atoms with van der Waals surface area (Å²) in [6, 6.07) is 17.8. The smallest absolute Gasteiger partial charge is 0.157 e. The van der Waals surface area contributed by atoms with Crippen LogP contribution in [0.2, 0.25) is 0 Å². The highest BCUT2D eigenvalue weighted by molar-refractivity contribution is 8.02. The number of benzene rings is 2. The second-order valence-corrected chi connectivity index (χ2v) is 10.4. The monoisotopic (exact) mass is 322 g/mol. The van der Waals surface area contributed by atoms with Gasteiger partial charge in [-0.3, -0.25) is 0 Å². The molecule has 0 radical (unpaired) electrons. The van der Waals surface area contributed by atoms with Crippen LogP contribution in [0.5, 0.6) is 0 Å². The third-order valence-corrected chi connectivity index (χ3v) is 9.56. The van der Waals surface area contributed by atoms with E-state index in [1.807, 2.05) is 19.1 Å². The van der Waals surface area contributed by atoms with Crippen molar-refractivity contribution in [2.75, 3.05) is 11.2 Å². The summed E-state index contributed by atoms with van der Waals surface area (Å²) in [6.07, 6.45) is 0.534. The lowest BCUT2D eigenvalue weighted by Crippen LogP contribution is -2.23. The Balaban J connectivity index is 2.54. The van der Waals surface area contributed by atoms with E-state index < -0.39 is 17.0 Å². The summed E-state index contributed by atoms with van der Waals surface area (Å²) in [5, 5.41) is 1.19. The fourth-order valence-corrected chi connectivity index (χ4v) is 8.44. The molecule has 0 fully saturated rings. The van der Waals surface area contributed by atoms with Crippen molar-refractivity contribution >= 4 is 27.6 Å². The summed E-state index contributed by atoms with van der Waals surface area (Å²) in [7, 11) is -6.51. The van der Waals surface area contributed by atoms with Crippen molar-refractivity contribution < 1.29 is 13.0 Å². The standard InChI is InChI=1S/C16H19O3PS/c1-2-13-21(18,19)14-20(17,15-9-5-3-6-10-15)16-11-7-4-8-12-16/h3-12H,2,13-14H2,1H3. The normalized spacial score (nSPS) is 12.2. The van der Waals surface area contributed by atoms with Gasteiger partial charge in [0.2, 0.25) is 0 Å². The SMILES string of the molecule is CCCS(=O)(=O)CP(=O)(c1ccccc1)c1ccccc1. The molecule has 0 saturated carbocycles. The van der Waals surface area contributed by atoms with Crippen molar-refractivity contribution in [2.45, 2.75) is 13.3 Å². The third kappa shape index (κ3) is 3.84. The summed E-state index contributed by atoms with van der Waals surface area (Å²) in [6.45, 7) is 1.81. The van der Waals surface area contributed by atoms with Gasteiger partial charge in [0, 0.05) is 10.6 Å². The summed E-state index contributed by atoms with van der Waals surface area (Å²) in [4.78, 5) is 0. The second-order valence-electron chi connectivity index (χ2n) is 4.99. The molecular formula is C16H19O3PS. The fraction of sp³-hybridized carbons (Fsp3) is 0.250. The minimum Gasteiger partial charge on any atom is -0.313 e. The quantitative estimate of drug-likeness (QED) is 0.769. The van der Waals surface area contributed by atoms with E-state index in [9.17, 15) is 13.0 Å². The van der Waals surface area contributed by atoms with Crippen LogP contribution in [0.3, 0.4) is 0 Å². The summed E-state index contributed by atoms with van der Waals surface area (Å²) in [5.41, 5.74) is -0.304. The van der Waals surface area contributed by atoms with E-state index >= 15 is 0 Å². The van der Waals surface area contributed by atoms with Crippen molar-refractivity contribution in [3.63, 3.8) is 0 Å². The molecule has 0 N–H and O–H groups in total. The maximum absolute atomic E-state index is 13.5. The molecule has 21 heavy (non-hydrogen) atoms. The van der Waals surface area contributed by atoms with Gasteiger partial charge < -0.3 is 4.57 Å². The first-order valence-corrected chi connectivity index (χ1v) is 10.6. The van der Waals surface area contributed by atoms with Crippen LogP contribution in [0.15, 0.2) is 60.7 Å². The van der Waals surface area contributed by atoms with Crippen molar-refractivity contribution in [1.29, 1.82) is 0 Å². The Bertz CT molecular complexity index is 681. The highest BCUT2D eigenvalue weighted by Gasteiger charge is 2.32. The van der Waals surface area contributed by atoms with Gasteiger partial charge in [-0.25, -0.2) is 8.42 Å². The predicted molar refractivity (Wildman–Crippen MR) is 88.7 cm³/mol. The minimum atomic E-state index is -3.35. The van der Waals surface area contributed by atoms with E-state index in [-0.39, 0.29) is 11.2 Å². The van der Waals surface area contributed by atoms with Crippen molar-refractivity contribution in [3.8, 4) is 0 Å². The number of rotatable bonds is 6. The molecule has 0 aliphatic heterocycles. The molecule has 0 aliphatic carbocycles. The lowest BCUT2D eigenvalue weighted by Gasteiger charge is -2.19. The molecule has 2 aromatic carbocycles. The molecule has 2 aromatic rings. The van der Waals surface area contributed by atoms with E-state index in [0.717, 1.165) is 0 Å². The zero-order chi connectivity index (χ0) is 15.3. The topological polar surface area (TPSA) is 51.2 Å². The molecule has 0 bridgehead atoms. The summed E-state index contributed by atoms with van der Waals surface area (Å²) >= 11 is 0. The van der Waals surface area contributed by atoms with Gasteiger partial charge in [0.15, 0.2) is 17.0 Å².